The molecule has 1 amide bonds. The van der Waals surface area contributed by atoms with Crippen LogP contribution in [0.3, 0.4) is 0 Å². The van der Waals surface area contributed by atoms with Crippen LogP contribution in [0.15, 0.2) is 12.2 Å². The number of hydrogen-bond donors (Lipinski definition) is 1. The Balaban J connectivity index is 5.11. The predicted octanol–water partition coefficient (Wildman–Crippen LogP) is 1.60. The molecule has 1 N–H and O–H groups in total. The number of hydrogen-bond acceptors (Lipinski definition) is 4. The maximum absolute atomic E-state index is 11.8. The van der Waals surface area contributed by atoms with Crippen LogP contribution in [0.5, 0.6) is 0 Å². The lowest BCUT2D eigenvalue weighted by Crippen LogP contribution is -2.60. The Kier molecular flexibility index (Phi) is 8.88. The number of carbonyl (C=O) groups excluding carboxylic acids is 1. The van der Waals surface area contributed by atoms with Crippen LogP contribution in [0.4, 0.5) is 0 Å². The third-order valence-electron chi connectivity index (χ3n) is 4.00. The van der Waals surface area contributed by atoms with Gasteiger partial charge in [0.05, 0.1) is 29.2 Å². The summed E-state index contributed by atoms with van der Waals surface area (Å²) in [5.74, 6) is -0.561. The molecule has 1 atom stereocenters. The second-order valence-electron chi connectivity index (χ2n) is 6.01. The van der Waals surface area contributed by atoms with Crippen LogP contribution >= 0.6 is 0 Å². The summed E-state index contributed by atoms with van der Waals surface area (Å²) < 4.78 is 33.3. The van der Waals surface area contributed by atoms with Gasteiger partial charge in [0.1, 0.15) is 0 Å². The third kappa shape index (κ3) is 7.38. The fraction of sp³-hybridized carbons (Fsp3) is 0.800. The second kappa shape index (κ2) is 9.27. The van der Waals surface area contributed by atoms with Crippen molar-refractivity contribution in [3.63, 3.8) is 0 Å². The third-order valence-corrected chi connectivity index (χ3v) is 4.74. The summed E-state index contributed by atoms with van der Waals surface area (Å²) in [5.41, 5.74) is 0.445. The summed E-state index contributed by atoms with van der Waals surface area (Å²) in [6.45, 7) is 13.4. The Morgan fingerprint density at radius 3 is 2.14 bits per heavy atom. The Morgan fingerprint density at radius 2 is 1.77 bits per heavy atom. The van der Waals surface area contributed by atoms with Crippen LogP contribution in [0.25, 0.3) is 0 Å². The zero-order chi connectivity index (χ0) is 17.4. The molecule has 0 aromatic heterocycles. The molecule has 1 unspecified atom stereocenters. The zero-order valence-electron chi connectivity index (χ0n) is 14.2. The Morgan fingerprint density at radius 1 is 1.27 bits per heavy atom. The minimum absolute atomic E-state index is 0.0194. The van der Waals surface area contributed by atoms with Gasteiger partial charge in [-0.1, -0.05) is 20.4 Å². The number of nitrogens with one attached hydrogen (secondary N) is 1. The lowest BCUT2D eigenvalue weighted by atomic mass is 10.1. The van der Waals surface area contributed by atoms with E-state index in [0.29, 0.717) is 23.1 Å². The molecule has 0 aliphatic rings. The Bertz CT molecular complexity index is 468. The Hall–Kier alpha value is -0.920. The molecule has 0 saturated carbocycles. The monoisotopic (exact) mass is 334 g/mol. The van der Waals surface area contributed by atoms with Gasteiger partial charge in [0.2, 0.25) is 0 Å². The summed E-state index contributed by atoms with van der Waals surface area (Å²) in [7, 11) is -4.22. The normalized spacial score (nSPS) is 13.7. The number of quaternary nitrogens is 1. The topological polar surface area (TPSA) is 86.3 Å². The van der Waals surface area contributed by atoms with Crippen LogP contribution < -0.4 is 5.32 Å². The van der Waals surface area contributed by atoms with E-state index in [2.05, 4.69) is 25.7 Å². The summed E-state index contributed by atoms with van der Waals surface area (Å²) in [5, 5.41) is 2.88. The van der Waals surface area contributed by atoms with E-state index in [9.17, 15) is 17.8 Å². The summed E-state index contributed by atoms with van der Waals surface area (Å²) >= 11 is 0. The molecule has 0 bridgehead atoms. The molecular formula is C15H30N2O4S. The van der Waals surface area contributed by atoms with Crippen molar-refractivity contribution in [2.75, 3.05) is 25.5 Å². The van der Waals surface area contributed by atoms with Gasteiger partial charge in [-0.3, -0.25) is 4.79 Å². The SMILES string of the molecule is C=C(C)C(=O)NC[N+](CCC)(CCC)C(C)CCS(=O)(=O)[O-]. The first-order valence-corrected chi connectivity index (χ1v) is 9.38. The molecule has 0 rings (SSSR count). The molecule has 130 valence electrons. The first kappa shape index (κ1) is 21.1. The minimum atomic E-state index is -4.22. The quantitative estimate of drug-likeness (QED) is 0.269. The van der Waals surface area contributed by atoms with Crippen molar-refractivity contribution < 1.29 is 22.2 Å². The number of amides is 1. The van der Waals surface area contributed by atoms with Gasteiger partial charge in [-0.25, -0.2) is 8.42 Å². The van der Waals surface area contributed by atoms with Crippen molar-refractivity contribution in [1.29, 1.82) is 0 Å². The van der Waals surface area contributed by atoms with Crippen molar-refractivity contribution in [3.8, 4) is 0 Å². The van der Waals surface area contributed by atoms with E-state index in [4.69, 9.17) is 0 Å². The fourth-order valence-electron chi connectivity index (χ4n) is 2.73. The van der Waals surface area contributed by atoms with Gasteiger partial charge in [-0.2, -0.15) is 0 Å². The molecule has 7 heteroatoms. The van der Waals surface area contributed by atoms with Crippen molar-refractivity contribution in [2.45, 2.75) is 53.0 Å². The van der Waals surface area contributed by atoms with Crippen molar-refractivity contribution in [1.82, 2.24) is 5.32 Å². The molecule has 0 spiro atoms. The highest BCUT2D eigenvalue weighted by atomic mass is 32.2. The molecule has 0 saturated heterocycles. The van der Waals surface area contributed by atoms with E-state index >= 15 is 0 Å². The van der Waals surface area contributed by atoms with E-state index in [1.54, 1.807) is 6.92 Å². The first-order valence-electron chi connectivity index (χ1n) is 7.81. The molecule has 0 aromatic carbocycles. The summed E-state index contributed by atoms with van der Waals surface area (Å²) in [4.78, 5) is 11.8. The van der Waals surface area contributed by atoms with Gasteiger partial charge >= 0.3 is 0 Å². The van der Waals surface area contributed by atoms with Gasteiger partial charge in [-0.05, 0) is 26.7 Å². The highest BCUT2D eigenvalue weighted by Gasteiger charge is 2.33. The summed E-state index contributed by atoms with van der Waals surface area (Å²) in [6.07, 6.45) is 2.13. The average Bonchev–Trinajstić information content (AvgIpc) is 2.41. The summed E-state index contributed by atoms with van der Waals surface area (Å²) in [6, 6.07) is -0.0194. The van der Waals surface area contributed by atoms with Crippen LogP contribution in [-0.4, -0.2) is 54.9 Å². The van der Waals surface area contributed by atoms with Crippen molar-refractivity contribution in [3.05, 3.63) is 12.2 Å². The maximum Gasteiger partial charge on any atom is 0.250 e. The van der Waals surface area contributed by atoms with Crippen LogP contribution in [0, 0.1) is 0 Å². The zero-order valence-corrected chi connectivity index (χ0v) is 15.0. The molecular weight excluding hydrogens is 304 g/mol. The van der Waals surface area contributed by atoms with Gasteiger partial charge in [0.25, 0.3) is 5.91 Å². The predicted molar refractivity (Wildman–Crippen MR) is 87.0 cm³/mol. The van der Waals surface area contributed by atoms with Crippen molar-refractivity contribution in [2.24, 2.45) is 0 Å². The van der Waals surface area contributed by atoms with Crippen LogP contribution in [-0.2, 0) is 14.9 Å². The van der Waals surface area contributed by atoms with Gasteiger partial charge < -0.3 is 14.4 Å². The molecule has 0 radical (unpaired) electrons. The lowest BCUT2D eigenvalue weighted by molar-refractivity contribution is -0.951. The van der Waals surface area contributed by atoms with E-state index < -0.39 is 10.1 Å². The maximum atomic E-state index is 11.8. The fourth-order valence-corrected chi connectivity index (χ4v) is 3.36. The van der Waals surface area contributed by atoms with E-state index in [1.165, 1.54) is 0 Å². The van der Waals surface area contributed by atoms with Gasteiger partial charge in [0, 0.05) is 17.7 Å². The van der Waals surface area contributed by atoms with E-state index in [1.807, 2.05) is 6.92 Å². The van der Waals surface area contributed by atoms with Crippen LogP contribution in [0.2, 0.25) is 0 Å². The minimum Gasteiger partial charge on any atom is -0.748 e. The number of carbonyl (C=O) groups is 1. The highest BCUT2D eigenvalue weighted by Crippen LogP contribution is 2.19. The largest absolute Gasteiger partial charge is 0.748 e. The van der Waals surface area contributed by atoms with Crippen molar-refractivity contribution >= 4 is 16.0 Å². The first-order chi connectivity index (χ1) is 10.1. The lowest BCUT2D eigenvalue weighted by Gasteiger charge is -2.43. The van der Waals surface area contributed by atoms with Gasteiger partial charge in [-0.15, -0.1) is 0 Å². The van der Waals surface area contributed by atoms with E-state index in [-0.39, 0.29) is 17.7 Å². The second-order valence-corrected chi connectivity index (χ2v) is 7.53. The number of nitrogens with zero attached hydrogens (tertiary/aromatic N) is 1. The van der Waals surface area contributed by atoms with Gasteiger partial charge in [0.15, 0.2) is 6.67 Å². The highest BCUT2D eigenvalue weighted by molar-refractivity contribution is 7.85. The molecule has 6 nitrogen and oxygen atoms in total. The molecule has 0 aliphatic carbocycles. The smallest absolute Gasteiger partial charge is 0.250 e. The molecule has 0 fully saturated rings. The van der Waals surface area contributed by atoms with Crippen LogP contribution in [0.1, 0.15) is 47.0 Å². The molecule has 0 heterocycles. The average molecular weight is 334 g/mol. The number of rotatable bonds is 11. The Labute approximate surface area is 134 Å². The van der Waals surface area contributed by atoms with E-state index in [0.717, 1.165) is 25.9 Å². The molecule has 22 heavy (non-hydrogen) atoms. The standard InChI is InChI=1S/C15H30N2O4S/c1-6-9-17(10-7-2,12-16-15(18)13(3)4)14(5)8-11-22(19,20)21/h14H,3,6-12H2,1-2,4-5H3,(H-,16,18,19,20,21). The molecule has 0 aliphatic heterocycles. The molecule has 0 aromatic rings.